The predicted octanol–water partition coefficient (Wildman–Crippen LogP) is 1.57. The monoisotopic (exact) mass is 314 g/mol. The molecular formula is C13H22N4O3S. The zero-order valence-electron chi connectivity index (χ0n) is 12.6. The minimum Gasteiger partial charge on any atom is -0.481 e. The Morgan fingerprint density at radius 3 is 2.76 bits per heavy atom. The molecule has 21 heavy (non-hydrogen) atoms. The Balaban J connectivity index is 2.40. The zero-order valence-corrected chi connectivity index (χ0v) is 13.4. The van der Waals surface area contributed by atoms with Crippen LogP contribution < -0.4 is 5.32 Å². The van der Waals surface area contributed by atoms with Gasteiger partial charge in [0.2, 0.25) is 5.91 Å². The third kappa shape index (κ3) is 5.74. The second-order valence-corrected chi connectivity index (χ2v) is 5.97. The number of aliphatic carboxylic acids is 1. The zero-order chi connectivity index (χ0) is 15.8. The average Bonchev–Trinajstić information content (AvgIpc) is 2.89. The summed E-state index contributed by atoms with van der Waals surface area (Å²) in [6, 6.07) is 0.228. The van der Waals surface area contributed by atoms with Crippen LogP contribution in [-0.2, 0) is 9.59 Å². The molecule has 8 heteroatoms. The van der Waals surface area contributed by atoms with Gasteiger partial charge < -0.3 is 15.0 Å². The summed E-state index contributed by atoms with van der Waals surface area (Å²) in [5.41, 5.74) is 0. The van der Waals surface area contributed by atoms with Crippen molar-refractivity contribution in [2.24, 2.45) is 5.92 Å². The Morgan fingerprint density at radius 2 is 2.19 bits per heavy atom. The van der Waals surface area contributed by atoms with Gasteiger partial charge in [-0.2, -0.15) is 0 Å². The van der Waals surface area contributed by atoms with Gasteiger partial charge in [-0.05, 0) is 20.3 Å². The first-order valence-corrected chi connectivity index (χ1v) is 7.96. The summed E-state index contributed by atoms with van der Waals surface area (Å²) >= 11 is 1.29. The number of hydrogen-bond donors (Lipinski definition) is 2. The number of aromatic nitrogens is 3. The number of carbonyl (C=O) groups is 2. The molecule has 2 N–H and O–H groups in total. The fourth-order valence-corrected chi connectivity index (χ4v) is 2.64. The van der Waals surface area contributed by atoms with Crippen LogP contribution in [0.4, 0.5) is 0 Å². The first-order chi connectivity index (χ1) is 9.95. The van der Waals surface area contributed by atoms with Crippen molar-refractivity contribution in [1.82, 2.24) is 20.1 Å². The van der Waals surface area contributed by atoms with E-state index in [-0.39, 0.29) is 24.2 Å². The van der Waals surface area contributed by atoms with E-state index < -0.39 is 11.9 Å². The quantitative estimate of drug-likeness (QED) is 0.672. The number of amides is 1. The second-order valence-electron chi connectivity index (χ2n) is 5.03. The minimum atomic E-state index is -0.871. The third-order valence-electron chi connectivity index (χ3n) is 2.96. The van der Waals surface area contributed by atoms with Gasteiger partial charge in [0.1, 0.15) is 6.33 Å². The van der Waals surface area contributed by atoms with Crippen LogP contribution in [0.3, 0.4) is 0 Å². The van der Waals surface area contributed by atoms with Crippen LogP contribution in [0.25, 0.3) is 0 Å². The Bertz CT molecular complexity index is 476. The Morgan fingerprint density at radius 1 is 1.48 bits per heavy atom. The number of thioether (sulfide) groups is 1. The van der Waals surface area contributed by atoms with E-state index in [4.69, 9.17) is 5.11 Å². The van der Waals surface area contributed by atoms with Crippen LogP contribution >= 0.6 is 11.8 Å². The van der Waals surface area contributed by atoms with E-state index in [0.29, 0.717) is 11.6 Å². The number of nitrogens with one attached hydrogen (secondary N) is 1. The standard InChI is InChI=1S/C13H22N4O3S/c1-4-5-10(12(19)20)6-14-11(18)7-21-13-16-15-8-17(13)9(2)3/h8-10H,4-7H2,1-3H3,(H,14,18)(H,19,20). The molecule has 0 fully saturated rings. The number of hydrogen-bond acceptors (Lipinski definition) is 5. The van der Waals surface area contributed by atoms with Crippen LogP contribution in [0.15, 0.2) is 11.5 Å². The second kappa shape index (κ2) is 8.66. The van der Waals surface area contributed by atoms with Crippen LogP contribution in [-0.4, -0.2) is 44.0 Å². The maximum absolute atomic E-state index is 11.8. The SMILES string of the molecule is CCCC(CNC(=O)CSc1nncn1C(C)C)C(=O)O. The van der Waals surface area contributed by atoms with Gasteiger partial charge in [-0.25, -0.2) is 0 Å². The number of nitrogens with zero attached hydrogens (tertiary/aromatic N) is 3. The average molecular weight is 314 g/mol. The van der Waals surface area contributed by atoms with Crippen molar-refractivity contribution in [2.75, 3.05) is 12.3 Å². The van der Waals surface area contributed by atoms with Crippen molar-refractivity contribution in [2.45, 2.75) is 44.8 Å². The highest BCUT2D eigenvalue weighted by molar-refractivity contribution is 7.99. The van der Waals surface area contributed by atoms with Crippen molar-refractivity contribution in [3.05, 3.63) is 6.33 Å². The normalized spacial score (nSPS) is 12.4. The highest BCUT2D eigenvalue weighted by Crippen LogP contribution is 2.18. The summed E-state index contributed by atoms with van der Waals surface area (Å²) in [4.78, 5) is 22.8. The number of carbonyl (C=O) groups excluding carboxylic acids is 1. The summed E-state index contributed by atoms with van der Waals surface area (Å²) in [5.74, 6) is -1.39. The summed E-state index contributed by atoms with van der Waals surface area (Å²) < 4.78 is 1.88. The largest absolute Gasteiger partial charge is 0.481 e. The molecule has 1 atom stereocenters. The van der Waals surface area contributed by atoms with Crippen LogP contribution in [0, 0.1) is 5.92 Å². The first kappa shape index (κ1) is 17.5. The summed E-state index contributed by atoms with van der Waals surface area (Å²) in [7, 11) is 0. The van der Waals surface area contributed by atoms with Crippen molar-refractivity contribution >= 4 is 23.6 Å². The van der Waals surface area contributed by atoms with Crippen molar-refractivity contribution < 1.29 is 14.7 Å². The molecule has 0 saturated heterocycles. The number of carboxylic acid groups (broad SMARTS) is 1. The molecule has 0 aliphatic heterocycles. The van der Waals surface area contributed by atoms with Gasteiger partial charge in [-0.1, -0.05) is 25.1 Å². The van der Waals surface area contributed by atoms with Crippen molar-refractivity contribution in [1.29, 1.82) is 0 Å². The maximum atomic E-state index is 11.8. The van der Waals surface area contributed by atoms with Gasteiger partial charge in [0.05, 0.1) is 11.7 Å². The summed E-state index contributed by atoms with van der Waals surface area (Å²) in [6.45, 7) is 6.11. The van der Waals surface area contributed by atoms with E-state index in [1.807, 2.05) is 25.3 Å². The molecule has 1 aromatic heterocycles. The van der Waals surface area contributed by atoms with Gasteiger partial charge in [-0.15, -0.1) is 10.2 Å². The fraction of sp³-hybridized carbons (Fsp3) is 0.692. The maximum Gasteiger partial charge on any atom is 0.308 e. The van der Waals surface area contributed by atoms with Crippen molar-refractivity contribution in [3.8, 4) is 0 Å². The third-order valence-corrected chi connectivity index (χ3v) is 3.92. The minimum absolute atomic E-state index is 0.166. The van der Waals surface area contributed by atoms with Gasteiger partial charge in [0.25, 0.3) is 0 Å². The summed E-state index contributed by atoms with van der Waals surface area (Å²) in [6.07, 6.45) is 2.97. The van der Waals surface area contributed by atoms with Crippen LogP contribution in [0.2, 0.25) is 0 Å². The molecule has 0 aliphatic rings. The topological polar surface area (TPSA) is 97.1 Å². The molecule has 118 valence electrons. The Kier molecular flexibility index (Phi) is 7.21. The summed E-state index contributed by atoms with van der Waals surface area (Å²) in [5, 5.41) is 20.2. The molecule has 1 aromatic rings. The van der Waals surface area contributed by atoms with E-state index in [2.05, 4.69) is 15.5 Å². The highest BCUT2D eigenvalue weighted by Gasteiger charge is 2.17. The van der Waals surface area contributed by atoms with E-state index >= 15 is 0 Å². The van der Waals surface area contributed by atoms with E-state index in [1.54, 1.807) is 6.33 Å². The smallest absolute Gasteiger partial charge is 0.308 e. The lowest BCUT2D eigenvalue weighted by molar-refractivity contribution is -0.141. The van der Waals surface area contributed by atoms with Gasteiger partial charge in [0, 0.05) is 12.6 Å². The van der Waals surface area contributed by atoms with E-state index in [9.17, 15) is 9.59 Å². The molecule has 1 heterocycles. The molecule has 0 aromatic carbocycles. The van der Waals surface area contributed by atoms with Gasteiger partial charge in [0.15, 0.2) is 5.16 Å². The molecule has 0 aliphatic carbocycles. The predicted molar refractivity (Wildman–Crippen MR) is 80.2 cm³/mol. The van der Waals surface area contributed by atoms with Crippen molar-refractivity contribution in [3.63, 3.8) is 0 Å². The lowest BCUT2D eigenvalue weighted by Crippen LogP contribution is -2.34. The van der Waals surface area contributed by atoms with Crippen LogP contribution in [0.5, 0.6) is 0 Å². The van der Waals surface area contributed by atoms with E-state index in [1.165, 1.54) is 11.8 Å². The molecule has 0 saturated carbocycles. The first-order valence-electron chi connectivity index (χ1n) is 6.97. The molecule has 1 amide bonds. The molecular weight excluding hydrogens is 292 g/mol. The molecule has 0 radical (unpaired) electrons. The Labute approximate surface area is 128 Å². The Hall–Kier alpha value is -1.57. The van der Waals surface area contributed by atoms with Gasteiger partial charge in [-0.3, -0.25) is 9.59 Å². The van der Waals surface area contributed by atoms with Crippen LogP contribution in [0.1, 0.15) is 39.7 Å². The molecule has 1 unspecified atom stereocenters. The number of rotatable bonds is 9. The number of carboxylic acids is 1. The lowest BCUT2D eigenvalue weighted by atomic mass is 10.0. The molecule has 7 nitrogen and oxygen atoms in total. The molecule has 0 spiro atoms. The van der Waals surface area contributed by atoms with E-state index in [0.717, 1.165) is 6.42 Å². The highest BCUT2D eigenvalue weighted by atomic mass is 32.2. The van der Waals surface area contributed by atoms with Gasteiger partial charge >= 0.3 is 5.97 Å². The lowest BCUT2D eigenvalue weighted by Gasteiger charge is -2.12. The molecule has 1 rings (SSSR count). The fourth-order valence-electron chi connectivity index (χ4n) is 1.77. The molecule has 0 bridgehead atoms.